The van der Waals surface area contributed by atoms with Gasteiger partial charge < -0.3 is 9.80 Å². The Morgan fingerprint density at radius 2 is 2.06 bits per heavy atom. The molecule has 1 aliphatic rings. The predicted octanol–water partition coefficient (Wildman–Crippen LogP) is 1.34. The number of amides is 1. The lowest BCUT2D eigenvalue weighted by atomic mass is 10.3. The Hall–Kier alpha value is -1.08. The van der Waals surface area contributed by atoms with Crippen molar-refractivity contribution in [1.29, 1.82) is 5.26 Å². The molecule has 17 heavy (non-hydrogen) atoms. The Bertz CT molecular complexity index is 298. The highest BCUT2D eigenvalue weighted by atomic mass is 16.2. The molecule has 1 fully saturated rings. The summed E-state index contributed by atoms with van der Waals surface area (Å²) < 4.78 is 0. The standard InChI is InChI=1S/C13H23N3O/c1-11-9-12(11)10-15(2)8-5-13(17)16(3)7-4-6-14/h11-12H,4-5,7-10H2,1-3H3. The van der Waals surface area contributed by atoms with E-state index in [1.54, 1.807) is 11.9 Å². The molecular weight excluding hydrogens is 214 g/mol. The third kappa shape index (κ3) is 5.18. The summed E-state index contributed by atoms with van der Waals surface area (Å²) in [5.74, 6) is 1.84. The third-order valence-electron chi connectivity index (χ3n) is 3.51. The molecule has 2 atom stereocenters. The molecule has 0 heterocycles. The van der Waals surface area contributed by atoms with Gasteiger partial charge in [-0.15, -0.1) is 0 Å². The van der Waals surface area contributed by atoms with Crippen molar-refractivity contribution in [3.8, 4) is 6.07 Å². The minimum absolute atomic E-state index is 0.135. The molecule has 1 saturated carbocycles. The summed E-state index contributed by atoms with van der Waals surface area (Å²) in [7, 11) is 3.84. The average molecular weight is 237 g/mol. The predicted molar refractivity (Wildman–Crippen MR) is 67.3 cm³/mol. The maximum atomic E-state index is 11.7. The fourth-order valence-corrected chi connectivity index (χ4v) is 1.96. The summed E-state index contributed by atoms with van der Waals surface area (Å²) in [6.07, 6.45) is 2.30. The van der Waals surface area contributed by atoms with Gasteiger partial charge in [-0.2, -0.15) is 5.26 Å². The van der Waals surface area contributed by atoms with Crippen molar-refractivity contribution in [2.45, 2.75) is 26.2 Å². The number of hydrogen-bond acceptors (Lipinski definition) is 3. The van der Waals surface area contributed by atoms with E-state index in [0.717, 1.165) is 24.9 Å². The topological polar surface area (TPSA) is 47.3 Å². The van der Waals surface area contributed by atoms with Gasteiger partial charge in [0.25, 0.3) is 0 Å². The first-order valence-electron chi connectivity index (χ1n) is 6.34. The number of nitriles is 1. The van der Waals surface area contributed by atoms with Gasteiger partial charge >= 0.3 is 0 Å². The molecule has 0 saturated heterocycles. The van der Waals surface area contributed by atoms with Crippen LogP contribution in [0.15, 0.2) is 0 Å². The van der Waals surface area contributed by atoms with Crippen LogP contribution in [0.25, 0.3) is 0 Å². The summed E-state index contributed by atoms with van der Waals surface area (Å²) in [4.78, 5) is 15.6. The van der Waals surface area contributed by atoms with Gasteiger partial charge in [-0.05, 0) is 25.3 Å². The Morgan fingerprint density at radius 1 is 1.41 bits per heavy atom. The fraction of sp³-hybridized carbons (Fsp3) is 0.846. The molecule has 0 aromatic rings. The van der Waals surface area contributed by atoms with E-state index in [2.05, 4.69) is 24.9 Å². The number of hydrogen-bond donors (Lipinski definition) is 0. The molecule has 0 aromatic heterocycles. The molecule has 0 radical (unpaired) electrons. The smallest absolute Gasteiger partial charge is 0.223 e. The van der Waals surface area contributed by atoms with Crippen molar-refractivity contribution in [3.63, 3.8) is 0 Å². The Labute approximate surface area is 104 Å². The largest absolute Gasteiger partial charge is 0.345 e. The van der Waals surface area contributed by atoms with Crippen LogP contribution in [0.3, 0.4) is 0 Å². The first kappa shape index (κ1) is 14.0. The Morgan fingerprint density at radius 3 is 2.59 bits per heavy atom. The molecule has 4 heteroatoms. The fourth-order valence-electron chi connectivity index (χ4n) is 1.96. The maximum Gasteiger partial charge on any atom is 0.223 e. The van der Waals surface area contributed by atoms with Crippen LogP contribution in [0.5, 0.6) is 0 Å². The molecule has 1 amide bonds. The van der Waals surface area contributed by atoms with Crippen LogP contribution in [0, 0.1) is 23.2 Å². The van der Waals surface area contributed by atoms with E-state index in [9.17, 15) is 4.79 Å². The normalized spacial score (nSPS) is 22.3. The first-order chi connectivity index (χ1) is 8.04. The second-order valence-electron chi connectivity index (χ2n) is 5.21. The summed E-state index contributed by atoms with van der Waals surface area (Å²) in [5, 5.41) is 8.45. The third-order valence-corrected chi connectivity index (χ3v) is 3.51. The lowest BCUT2D eigenvalue weighted by Crippen LogP contribution is -2.32. The molecule has 1 rings (SSSR count). The zero-order valence-electron chi connectivity index (χ0n) is 11.1. The second kappa shape index (κ2) is 6.61. The van der Waals surface area contributed by atoms with Gasteiger partial charge in [0.05, 0.1) is 12.5 Å². The molecular formula is C13H23N3O. The molecule has 1 aliphatic carbocycles. The van der Waals surface area contributed by atoms with E-state index >= 15 is 0 Å². The van der Waals surface area contributed by atoms with Gasteiger partial charge in [-0.3, -0.25) is 4.79 Å². The summed E-state index contributed by atoms with van der Waals surface area (Å²) in [6, 6.07) is 2.05. The van der Waals surface area contributed by atoms with Crippen LogP contribution in [0.1, 0.15) is 26.2 Å². The van der Waals surface area contributed by atoms with E-state index in [1.165, 1.54) is 6.42 Å². The van der Waals surface area contributed by atoms with E-state index in [-0.39, 0.29) is 5.91 Å². The quantitative estimate of drug-likeness (QED) is 0.671. The van der Waals surface area contributed by atoms with Crippen molar-refractivity contribution in [3.05, 3.63) is 0 Å². The summed E-state index contributed by atoms with van der Waals surface area (Å²) in [6.45, 7) is 4.74. The average Bonchev–Trinajstić information content (AvgIpc) is 2.98. The van der Waals surface area contributed by atoms with Crippen LogP contribution in [-0.2, 0) is 4.79 Å². The van der Waals surface area contributed by atoms with Crippen molar-refractivity contribution in [2.24, 2.45) is 11.8 Å². The lowest BCUT2D eigenvalue weighted by molar-refractivity contribution is -0.130. The monoisotopic (exact) mass is 237 g/mol. The minimum atomic E-state index is 0.135. The van der Waals surface area contributed by atoms with Crippen molar-refractivity contribution in [1.82, 2.24) is 9.80 Å². The number of carbonyl (C=O) groups is 1. The Kier molecular flexibility index (Phi) is 5.43. The lowest BCUT2D eigenvalue weighted by Gasteiger charge is -2.19. The molecule has 0 bridgehead atoms. The van der Waals surface area contributed by atoms with E-state index in [4.69, 9.17) is 5.26 Å². The highest BCUT2D eigenvalue weighted by Crippen LogP contribution is 2.37. The minimum Gasteiger partial charge on any atom is -0.345 e. The Balaban J connectivity index is 2.12. The van der Waals surface area contributed by atoms with Crippen molar-refractivity contribution < 1.29 is 4.79 Å². The van der Waals surface area contributed by atoms with Gasteiger partial charge in [0, 0.05) is 33.1 Å². The van der Waals surface area contributed by atoms with Gasteiger partial charge in [-0.1, -0.05) is 6.92 Å². The number of nitrogens with zero attached hydrogens (tertiary/aromatic N) is 3. The maximum absolute atomic E-state index is 11.7. The van der Waals surface area contributed by atoms with Crippen LogP contribution in [0.2, 0.25) is 0 Å². The molecule has 0 spiro atoms. The summed E-state index contributed by atoms with van der Waals surface area (Å²) in [5.41, 5.74) is 0. The highest BCUT2D eigenvalue weighted by molar-refractivity contribution is 5.76. The van der Waals surface area contributed by atoms with Crippen LogP contribution >= 0.6 is 0 Å². The number of carbonyl (C=O) groups excluding carboxylic acids is 1. The van der Waals surface area contributed by atoms with E-state index in [0.29, 0.717) is 19.4 Å². The number of rotatable bonds is 7. The molecule has 0 N–H and O–H groups in total. The van der Waals surface area contributed by atoms with Gasteiger partial charge in [0.1, 0.15) is 0 Å². The highest BCUT2D eigenvalue weighted by Gasteiger charge is 2.32. The SMILES string of the molecule is CC1CC1CN(C)CCC(=O)N(C)CCC#N. The van der Waals surface area contributed by atoms with Gasteiger partial charge in [0.2, 0.25) is 5.91 Å². The van der Waals surface area contributed by atoms with E-state index in [1.807, 2.05) is 0 Å². The molecule has 0 aliphatic heterocycles. The van der Waals surface area contributed by atoms with Gasteiger partial charge in [-0.25, -0.2) is 0 Å². The summed E-state index contributed by atoms with van der Waals surface area (Å²) >= 11 is 0. The van der Waals surface area contributed by atoms with E-state index < -0.39 is 0 Å². The first-order valence-corrected chi connectivity index (χ1v) is 6.34. The second-order valence-corrected chi connectivity index (χ2v) is 5.21. The molecule has 96 valence electrons. The van der Waals surface area contributed by atoms with Crippen molar-refractivity contribution >= 4 is 5.91 Å². The molecule has 2 unspecified atom stereocenters. The molecule has 0 aromatic carbocycles. The van der Waals surface area contributed by atoms with Crippen LogP contribution in [0.4, 0.5) is 0 Å². The van der Waals surface area contributed by atoms with Gasteiger partial charge in [0.15, 0.2) is 0 Å². The zero-order chi connectivity index (χ0) is 12.8. The molecule has 4 nitrogen and oxygen atoms in total. The van der Waals surface area contributed by atoms with Crippen LogP contribution in [-0.4, -0.2) is 49.4 Å². The zero-order valence-corrected chi connectivity index (χ0v) is 11.1. The van der Waals surface area contributed by atoms with Crippen LogP contribution < -0.4 is 0 Å². The van der Waals surface area contributed by atoms with Crippen molar-refractivity contribution in [2.75, 3.05) is 33.7 Å².